The largest absolute Gasteiger partial charge is 0.468 e. The van der Waals surface area contributed by atoms with Crippen LogP contribution in [-0.2, 0) is 16.1 Å². The van der Waals surface area contributed by atoms with Gasteiger partial charge in [-0.3, -0.25) is 9.69 Å². The highest BCUT2D eigenvalue weighted by molar-refractivity contribution is 5.71. The van der Waals surface area contributed by atoms with Crippen molar-refractivity contribution >= 4 is 11.6 Å². The summed E-state index contributed by atoms with van der Waals surface area (Å²) >= 11 is 0. The van der Waals surface area contributed by atoms with E-state index in [1.54, 1.807) is 0 Å². The fourth-order valence-corrected chi connectivity index (χ4v) is 1.68. The predicted octanol–water partition coefficient (Wildman–Crippen LogP) is 0.939. The van der Waals surface area contributed by atoms with Crippen molar-refractivity contribution in [2.75, 3.05) is 20.7 Å². The van der Waals surface area contributed by atoms with Crippen molar-refractivity contribution < 1.29 is 9.53 Å². The minimum atomic E-state index is -0.240. The van der Waals surface area contributed by atoms with Gasteiger partial charge in [-0.15, -0.1) is 0 Å². The monoisotopic (exact) mass is 233 g/mol. The Bertz CT molecular complexity index is 488. The number of methoxy groups -OCH3 is 1. The molecule has 90 valence electrons. The average Bonchev–Trinajstić information content (AvgIpc) is 2.70. The highest BCUT2D eigenvalue weighted by atomic mass is 16.5. The Hall–Kier alpha value is -1.88. The summed E-state index contributed by atoms with van der Waals surface area (Å²) in [6.07, 6.45) is 3.91. The maximum absolute atomic E-state index is 11.1. The van der Waals surface area contributed by atoms with Crippen LogP contribution in [-0.4, -0.2) is 41.0 Å². The van der Waals surface area contributed by atoms with Crippen molar-refractivity contribution in [1.29, 1.82) is 0 Å². The summed E-state index contributed by atoms with van der Waals surface area (Å²) in [5.41, 5.74) is 1.84. The molecule has 2 aromatic rings. The molecule has 0 aromatic carbocycles. The molecule has 0 atom stereocenters. The number of imidazole rings is 1. The number of nitrogens with zero attached hydrogens (tertiary/aromatic N) is 3. The van der Waals surface area contributed by atoms with E-state index >= 15 is 0 Å². The van der Waals surface area contributed by atoms with Gasteiger partial charge in [-0.1, -0.05) is 6.07 Å². The van der Waals surface area contributed by atoms with Gasteiger partial charge in [0.15, 0.2) is 0 Å². The number of carbonyl (C=O) groups excluding carboxylic acids is 1. The highest BCUT2D eigenvalue weighted by Gasteiger charge is 2.08. The van der Waals surface area contributed by atoms with Crippen molar-refractivity contribution in [2.24, 2.45) is 0 Å². The molecule has 17 heavy (non-hydrogen) atoms. The molecule has 0 bridgehead atoms. The number of hydrogen-bond donors (Lipinski definition) is 0. The van der Waals surface area contributed by atoms with Gasteiger partial charge in [-0.25, -0.2) is 4.98 Å². The molecule has 0 spiro atoms. The lowest BCUT2D eigenvalue weighted by atomic mass is 10.4. The molecule has 0 aliphatic carbocycles. The second-order valence-corrected chi connectivity index (χ2v) is 3.95. The van der Waals surface area contributed by atoms with E-state index in [2.05, 4.69) is 9.72 Å². The van der Waals surface area contributed by atoms with Crippen LogP contribution in [0, 0.1) is 0 Å². The van der Waals surface area contributed by atoms with Gasteiger partial charge < -0.3 is 9.14 Å². The molecule has 0 saturated carbocycles. The Morgan fingerprint density at radius 2 is 2.35 bits per heavy atom. The van der Waals surface area contributed by atoms with E-state index in [1.165, 1.54) is 7.11 Å². The van der Waals surface area contributed by atoms with Crippen LogP contribution >= 0.6 is 0 Å². The zero-order chi connectivity index (χ0) is 12.3. The fourth-order valence-electron chi connectivity index (χ4n) is 1.68. The molecular formula is C12H15N3O2. The van der Waals surface area contributed by atoms with Crippen LogP contribution in [0.25, 0.3) is 5.65 Å². The van der Waals surface area contributed by atoms with E-state index in [-0.39, 0.29) is 12.5 Å². The van der Waals surface area contributed by atoms with Crippen molar-refractivity contribution in [2.45, 2.75) is 6.54 Å². The molecule has 0 aliphatic heterocycles. The molecule has 2 aromatic heterocycles. The Kier molecular flexibility index (Phi) is 3.39. The molecule has 5 heteroatoms. The van der Waals surface area contributed by atoms with Gasteiger partial charge in [-0.2, -0.15) is 0 Å². The average molecular weight is 233 g/mol. The molecule has 2 rings (SSSR count). The first-order valence-corrected chi connectivity index (χ1v) is 5.37. The first-order chi connectivity index (χ1) is 8.19. The SMILES string of the molecule is COC(=O)CN(C)Cc1cn2ccccc2n1. The number of pyridine rings is 1. The maximum atomic E-state index is 11.1. The minimum absolute atomic E-state index is 0.240. The van der Waals surface area contributed by atoms with Crippen LogP contribution in [0.2, 0.25) is 0 Å². The molecule has 0 N–H and O–H groups in total. The van der Waals surface area contributed by atoms with E-state index in [0.717, 1.165) is 11.3 Å². The van der Waals surface area contributed by atoms with Gasteiger partial charge in [0, 0.05) is 18.9 Å². The molecule has 0 unspecified atom stereocenters. The summed E-state index contributed by atoms with van der Waals surface area (Å²) in [6.45, 7) is 0.890. The van der Waals surface area contributed by atoms with Crippen LogP contribution in [0.3, 0.4) is 0 Å². The van der Waals surface area contributed by atoms with Gasteiger partial charge in [0.1, 0.15) is 5.65 Å². The lowest BCUT2D eigenvalue weighted by Gasteiger charge is -2.12. The molecule has 2 heterocycles. The highest BCUT2D eigenvalue weighted by Crippen LogP contribution is 2.06. The minimum Gasteiger partial charge on any atom is -0.468 e. The normalized spacial score (nSPS) is 11.0. The van der Waals surface area contributed by atoms with Crippen molar-refractivity contribution in [3.05, 3.63) is 36.3 Å². The smallest absolute Gasteiger partial charge is 0.319 e. The number of likely N-dealkylation sites (N-methyl/N-ethyl adjacent to an activating group) is 1. The number of ether oxygens (including phenoxy) is 1. The van der Waals surface area contributed by atoms with Gasteiger partial charge >= 0.3 is 5.97 Å². The van der Waals surface area contributed by atoms with Gasteiger partial charge in [-0.05, 0) is 19.2 Å². The number of rotatable bonds is 4. The number of fused-ring (bicyclic) bond motifs is 1. The van der Waals surface area contributed by atoms with Crippen molar-refractivity contribution in [3.8, 4) is 0 Å². The summed E-state index contributed by atoms with van der Waals surface area (Å²) < 4.78 is 6.57. The van der Waals surface area contributed by atoms with Gasteiger partial charge in [0.2, 0.25) is 0 Å². The molecular weight excluding hydrogens is 218 g/mol. The third kappa shape index (κ3) is 2.82. The molecule has 0 fully saturated rings. The number of esters is 1. The number of hydrogen-bond acceptors (Lipinski definition) is 4. The predicted molar refractivity (Wildman–Crippen MR) is 63.5 cm³/mol. The Morgan fingerprint density at radius 3 is 3.06 bits per heavy atom. The van der Waals surface area contributed by atoms with Gasteiger partial charge in [0.25, 0.3) is 0 Å². The zero-order valence-corrected chi connectivity index (χ0v) is 9.96. The van der Waals surface area contributed by atoms with Crippen LogP contribution in [0.4, 0.5) is 0 Å². The third-order valence-corrected chi connectivity index (χ3v) is 2.47. The third-order valence-electron chi connectivity index (χ3n) is 2.47. The van der Waals surface area contributed by atoms with Crippen LogP contribution < -0.4 is 0 Å². The van der Waals surface area contributed by atoms with Crippen LogP contribution in [0.5, 0.6) is 0 Å². The summed E-state index contributed by atoms with van der Waals surface area (Å²) in [5, 5.41) is 0. The van der Waals surface area contributed by atoms with Crippen molar-refractivity contribution in [1.82, 2.24) is 14.3 Å². The van der Waals surface area contributed by atoms with Crippen LogP contribution in [0.1, 0.15) is 5.69 Å². The van der Waals surface area contributed by atoms with E-state index in [4.69, 9.17) is 0 Å². The second kappa shape index (κ2) is 4.97. The standard InChI is InChI=1S/C12H15N3O2/c1-14(9-12(16)17-2)7-10-8-15-6-4-3-5-11(15)13-10/h3-6,8H,7,9H2,1-2H3. The molecule has 0 amide bonds. The van der Waals surface area contributed by atoms with Gasteiger partial charge in [0.05, 0.1) is 19.3 Å². The maximum Gasteiger partial charge on any atom is 0.319 e. The zero-order valence-electron chi connectivity index (χ0n) is 9.96. The van der Waals surface area contributed by atoms with E-state index < -0.39 is 0 Å². The Labute approximate surface area is 99.6 Å². The summed E-state index contributed by atoms with van der Waals surface area (Å²) in [5.74, 6) is -0.240. The lowest BCUT2D eigenvalue weighted by molar-refractivity contribution is -0.141. The van der Waals surface area contributed by atoms with Crippen LogP contribution in [0.15, 0.2) is 30.6 Å². The van der Waals surface area contributed by atoms with E-state index in [0.29, 0.717) is 6.54 Å². The topological polar surface area (TPSA) is 46.8 Å². The summed E-state index contributed by atoms with van der Waals surface area (Å²) in [4.78, 5) is 17.4. The molecule has 0 aliphatic rings. The lowest BCUT2D eigenvalue weighted by Crippen LogP contribution is -2.26. The summed E-state index contributed by atoms with van der Waals surface area (Å²) in [6, 6.07) is 5.85. The summed E-state index contributed by atoms with van der Waals surface area (Å²) in [7, 11) is 3.25. The number of carbonyl (C=O) groups is 1. The first-order valence-electron chi connectivity index (χ1n) is 5.37. The van der Waals surface area contributed by atoms with E-state index in [9.17, 15) is 4.79 Å². The van der Waals surface area contributed by atoms with Crippen molar-refractivity contribution in [3.63, 3.8) is 0 Å². The fraction of sp³-hybridized carbons (Fsp3) is 0.333. The first kappa shape index (κ1) is 11.6. The molecule has 0 radical (unpaired) electrons. The Balaban J connectivity index is 2.05. The number of aromatic nitrogens is 2. The second-order valence-electron chi connectivity index (χ2n) is 3.95. The quantitative estimate of drug-likeness (QED) is 0.737. The Morgan fingerprint density at radius 1 is 1.53 bits per heavy atom. The molecule has 5 nitrogen and oxygen atoms in total. The molecule has 0 saturated heterocycles. The van der Waals surface area contributed by atoms with E-state index in [1.807, 2.05) is 46.9 Å².